The molecular formula is C13H24O3. The van der Waals surface area contributed by atoms with E-state index in [1.165, 1.54) is 0 Å². The monoisotopic (exact) mass is 228 g/mol. The van der Waals surface area contributed by atoms with Gasteiger partial charge in [0.2, 0.25) is 0 Å². The van der Waals surface area contributed by atoms with Crippen LogP contribution in [0.4, 0.5) is 0 Å². The first-order valence-corrected chi connectivity index (χ1v) is 5.88. The van der Waals surface area contributed by atoms with Crippen molar-refractivity contribution in [2.45, 2.75) is 33.8 Å². The SMILES string of the molecule is CC(C)C#CCOCCOCCOC(C)C. The Kier molecular flexibility index (Phi) is 10.6. The van der Waals surface area contributed by atoms with Gasteiger partial charge in [0, 0.05) is 5.92 Å². The molecule has 94 valence electrons. The van der Waals surface area contributed by atoms with E-state index in [1.54, 1.807) is 0 Å². The van der Waals surface area contributed by atoms with E-state index in [0.717, 1.165) is 0 Å². The van der Waals surface area contributed by atoms with Crippen LogP contribution in [0.5, 0.6) is 0 Å². The van der Waals surface area contributed by atoms with E-state index in [9.17, 15) is 0 Å². The van der Waals surface area contributed by atoms with E-state index in [4.69, 9.17) is 14.2 Å². The highest BCUT2D eigenvalue weighted by atomic mass is 16.5. The van der Waals surface area contributed by atoms with Crippen molar-refractivity contribution in [3.8, 4) is 11.8 Å². The third-order valence-electron chi connectivity index (χ3n) is 1.62. The predicted molar refractivity (Wildman–Crippen MR) is 65.3 cm³/mol. The number of rotatable bonds is 8. The Bertz CT molecular complexity index is 201. The molecule has 0 aromatic heterocycles. The van der Waals surface area contributed by atoms with E-state index >= 15 is 0 Å². The third-order valence-corrected chi connectivity index (χ3v) is 1.62. The van der Waals surface area contributed by atoms with Gasteiger partial charge in [-0.1, -0.05) is 25.7 Å². The molecule has 0 aromatic carbocycles. The normalized spacial score (nSPS) is 10.6. The van der Waals surface area contributed by atoms with Crippen molar-refractivity contribution in [3.05, 3.63) is 0 Å². The first-order chi connectivity index (χ1) is 7.63. The Morgan fingerprint density at radius 2 is 1.50 bits per heavy atom. The van der Waals surface area contributed by atoms with Crippen LogP contribution in [0.2, 0.25) is 0 Å². The van der Waals surface area contributed by atoms with Crippen molar-refractivity contribution < 1.29 is 14.2 Å². The van der Waals surface area contributed by atoms with Crippen molar-refractivity contribution in [3.63, 3.8) is 0 Å². The van der Waals surface area contributed by atoms with Gasteiger partial charge in [-0.05, 0) is 13.8 Å². The van der Waals surface area contributed by atoms with Gasteiger partial charge in [-0.25, -0.2) is 0 Å². The highest BCUT2D eigenvalue weighted by Gasteiger charge is 1.93. The van der Waals surface area contributed by atoms with Crippen LogP contribution in [-0.2, 0) is 14.2 Å². The largest absolute Gasteiger partial charge is 0.377 e. The maximum atomic E-state index is 5.33. The van der Waals surface area contributed by atoms with Gasteiger partial charge in [-0.3, -0.25) is 0 Å². The molecule has 0 aliphatic heterocycles. The lowest BCUT2D eigenvalue weighted by Crippen LogP contribution is -2.12. The van der Waals surface area contributed by atoms with Gasteiger partial charge >= 0.3 is 0 Å². The molecule has 0 N–H and O–H groups in total. The third kappa shape index (κ3) is 13.4. The molecule has 0 rings (SSSR count). The van der Waals surface area contributed by atoms with Crippen molar-refractivity contribution in [2.75, 3.05) is 33.0 Å². The first kappa shape index (κ1) is 15.4. The van der Waals surface area contributed by atoms with Gasteiger partial charge in [0.1, 0.15) is 6.61 Å². The molecule has 16 heavy (non-hydrogen) atoms. The Labute approximate surface area is 99.5 Å². The second-order valence-corrected chi connectivity index (χ2v) is 4.06. The van der Waals surface area contributed by atoms with Crippen molar-refractivity contribution in [2.24, 2.45) is 5.92 Å². The highest BCUT2D eigenvalue weighted by Crippen LogP contribution is 1.88. The summed E-state index contributed by atoms with van der Waals surface area (Å²) >= 11 is 0. The lowest BCUT2D eigenvalue weighted by molar-refractivity contribution is 0.00223. The summed E-state index contributed by atoms with van der Waals surface area (Å²) in [6, 6.07) is 0. The summed E-state index contributed by atoms with van der Waals surface area (Å²) in [7, 11) is 0. The lowest BCUT2D eigenvalue weighted by atomic mass is 10.2. The smallest absolute Gasteiger partial charge is 0.107 e. The number of hydrogen-bond acceptors (Lipinski definition) is 3. The average molecular weight is 228 g/mol. The maximum absolute atomic E-state index is 5.33. The van der Waals surface area contributed by atoms with E-state index in [0.29, 0.717) is 39.0 Å². The molecule has 0 amide bonds. The van der Waals surface area contributed by atoms with Crippen molar-refractivity contribution in [1.29, 1.82) is 0 Å². The van der Waals surface area contributed by atoms with Crippen LogP contribution in [0.3, 0.4) is 0 Å². The summed E-state index contributed by atoms with van der Waals surface area (Å²) in [4.78, 5) is 0. The van der Waals surface area contributed by atoms with Crippen molar-refractivity contribution >= 4 is 0 Å². The van der Waals surface area contributed by atoms with Gasteiger partial charge in [-0.2, -0.15) is 0 Å². The zero-order valence-electron chi connectivity index (χ0n) is 10.9. The van der Waals surface area contributed by atoms with Crippen LogP contribution in [-0.4, -0.2) is 39.1 Å². The molecule has 0 aliphatic carbocycles. The predicted octanol–water partition coefficient (Wildman–Crippen LogP) is 2.10. The minimum absolute atomic E-state index is 0.270. The fourth-order valence-corrected chi connectivity index (χ4v) is 0.932. The van der Waals surface area contributed by atoms with Crippen LogP contribution in [0.1, 0.15) is 27.7 Å². The van der Waals surface area contributed by atoms with E-state index in [1.807, 2.05) is 13.8 Å². The first-order valence-electron chi connectivity index (χ1n) is 5.88. The zero-order chi connectivity index (χ0) is 12.2. The summed E-state index contributed by atoms with van der Waals surface area (Å²) in [5.74, 6) is 6.39. The molecule has 0 bridgehead atoms. The quantitative estimate of drug-likeness (QED) is 0.470. The van der Waals surface area contributed by atoms with Crippen molar-refractivity contribution in [1.82, 2.24) is 0 Å². The Balaban J connectivity index is 3.08. The molecule has 0 atom stereocenters. The molecule has 0 radical (unpaired) electrons. The Morgan fingerprint density at radius 1 is 0.875 bits per heavy atom. The van der Waals surface area contributed by atoms with E-state index in [2.05, 4.69) is 25.7 Å². The van der Waals surface area contributed by atoms with Crippen LogP contribution in [0, 0.1) is 17.8 Å². The van der Waals surface area contributed by atoms with Gasteiger partial charge in [0.15, 0.2) is 0 Å². The second-order valence-electron chi connectivity index (χ2n) is 4.06. The highest BCUT2D eigenvalue weighted by molar-refractivity contribution is 5.01. The zero-order valence-corrected chi connectivity index (χ0v) is 10.9. The molecule has 3 nitrogen and oxygen atoms in total. The molecule has 3 heteroatoms. The molecular weight excluding hydrogens is 204 g/mol. The summed E-state index contributed by atoms with van der Waals surface area (Å²) < 4.78 is 15.9. The average Bonchev–Trinajstić information content (AvgIpc) is 2.20. The van der Waals surface area contributed by atoms with Crippen LogP contribution < -0.4 is 0 Å². The standard InChI is InChI=1S/C13H24O3/c1-12(2)6-5-7-14-8-9-15-10-11-16-13(3)4/h12-13H,7-11H2,1-4H3. The van der Waals surface area contributed by atoms with E-state index in [-0.39, 0.29) is 6.10 Å². The maximum Gasteiger partial charge on any atom is 0.107 e. The van der Waals surface area contributed by atoms with Gasteiger partial charge in [0.25, 0.3) is 0 Å². The Hall–Kier alpha value is -0.560. The van der Waals surface area contributed by atoms with Crippen LogP contribution in [0.15, 0.2) is 0 Å². The fourth-order valence-electron chi connectivity index (χ4n) is 0.932. The minimum Gasteiger partial charge on any atom is -0.377 e. The van der Waals surface area contributed by atoms with Gasteiger partial charge < -0.3 is 14.2 Å². The summed E-state index contributed by atoms with van der Waals surface area (Å²) in [6.07, 6.45) is 0.270. The molecule has 0 fully saturated rings. The fraction of sp³-hybridized carbons (Fsp3) is 0.846. The summed E-state index contributed by atoms with van der Waals surface area (Å²) in [6.45, 7) is 11.1. The molecule has 0 aliphatic rings. The molecule has 0 heterocycles. The lowest BCUT2D eigenvalue weighted by Gasteiger charge is -2.07. The topological polar surface area (TPSA) is 27.7 Å². The summed E-state index contributed by atoms with van der Waals surface area (Å²) in [5, 5.41) is 0. The second kappa shape index (κ2) is 10.9. The molecule has 0 spiro atoms. The molecule has 0 aromatic rings. The number of ether oxygens (including phenoxy) is 3. The number of hydrogen-bond donors (Lipinski definition) is 0. The Morgan fingerprint density at radius 3 is 2.12 bits per heavy atom. The summed E-state index contributed by atoms with van der Waals surface area (Å²) in [5.41, 5.74) is 0. The van der Waals surface area contributed by atoms with E-state index < -0.39 is 0 Å². The van der Waals surface area contributed by atoms with Crippen LogP contribution >= 0.6 is 0 Å². The van der Waals surface area contributed by atoms with Gasteiger partial charge in [-0.15, -0.1) is 0 Å². The molecule has 0 saturated heterocycles. The van der Waals surface area contributed by atoms with Crippen LogP contribution in [0.25, 0.3) is 0 Å². The molecule has 0 unspecified atom stereocenters. The molecule has 0 saturated carbocycles. The minimum atomic E-state index is 0.270. The van der Waals surface area contributed by atoms with Gasteiger partial charge in [0.05, 0.1) is 32.5 Å².